The predicted octanol–water partition coefficient (Wildman–Crippen LogP) is 3.33. The summed E-state index contributed by atoms with van der Waals surface area (Å²) >= 11 is 0. The van der Waals surface area contributed by atoms with Crippen LogP contribution in [0.5, 0.6) is 0 Å². The maximum absolute atomic E-state index is 11.2. The van der Waals surface area contributed by atoms with E-state index in [1.807, 2.05) is 6.08 Å². The Labute approximate surface area is 138 Å². The van der Waals surface area contributed by atoms with Crippen molar-refractivity contribution in [3.63, 3.8) is 0 Å². The van der Waals surface area contributed by atoms with Gasteiger partial charge in [0, 0.05) is 24.4 Å². The molecule has 3 heteroatoms. The van der Waals surface area contributed by atoms with Crippen LogP contribution in [0.25, 0.3) is 0 Å². The number of aliphatic hydroxyl groups is 2. The maximum atomic E-state index is 11.2. The highest BCUT2D eigenvalue weighted by molar-refractivity contribution is 5.74. The lowest BCUT2D eigenvalue weighted by Gasteiger charge is -2.48. The predicted molar refractivity (Wildman–Crippen MR) is 90.8 cm³/mol. The van der Waals surface area contributed by atoms with E-state index in [9.17, 15) is 15.0 Å². The zero-order valence-electron chi connectivity index (χ0n) is 14.4. The number of fused-ring (bicyclic) bond motifs is 3. The molecule has 0 aromatic carbocycles. The monoisotopic (exact) mass is 316 g/mol. The van der Waals surface area contributed by atoms with Crippen molar-refractivity contribution in [1.82, 2.24) is 0 Å². The second kappa shape index (κ2) is 5.71. The van der Waals surface area contributed by atoms with Crippen LogP contribution in [-0.4, -0.2) is 29.2 Å². The van der Waals surface area contributed by atoms with Crippen LogP contribution in [0.3, 0.4) is 0 Å². The first kappa shape index (κ1) is 16.7. The molecule has 1 fully saturated rings. The Hall–Kier alpha value is -1.19. The Kier molecular flexibility index (Phi) is 4.14. The lowest BCUT2D eigenvalue weighted by molar-refractivity contribution is -0.105. The Morgan fingerprint density at radius 1 is 1.30 bits per heavy atom. The summed E-state index contributed by atoms with van der Waals surface area (Å²) in [6, 6.07) is 0. The van der Waals surface area contributed by atoms with E-state index in [1.54, 1.807) is 0 Å². The molecular weight excluding hydrogens is 288 g/mol. The number of aliphatic hydroxyl groups excluding tert-OH is 2. The quantitative estimate of drug-likeness (QED) is 0.785. The van der Waals surface area contributed by atoms with E-state index in [4.69, 9.17) is 0 Å². The highest BCUT2D eigenvalue weighted by Gasteiger charge is 2.51. The number of allylic oxidation sites excluding steroid dienone is 3. The number of rotatable bonds is 3. The van der Waals surface area contributed by atoms with Crippen LogP contribution in [0.1, 0.15) is 52.9 Å². The second-order valence-corrected chi connectivity index (χ2v) is 8.12. The minimum absolute atomic E-state index is 0.142. The number of carbonyl (C=O) groups is 1. The third-order valence-electron chi connectivity index (χ3n) is 6.60. The smallest absolute Gasteiger partial charge is 0.146 e. The largest absolute Gasteiger partial charge is 0.396 e. The van der Waals surface area contributed by atoms with Crippen molar-refractivity contribution in [2.75, 3.05) is 6.61 Å². The molecule has 0 saturated heterocycles. The number of hydrogen-bond acceptors (Lipinski definition) is 3. The standard InChI is InChI=1S/C20H28O3/c1-13(11-21)15-6-7-19(2)8-9-20(3)16(18(15)19)5-4-14(12-22)10-17(20)23/h4-5,12-13,17,21,23H,6-11H2,1-3H3/t13-,17-,19+,20-/m0/s1. The third kappa shape index (κ3) is 2.45. The maximum Gasteiger partial charge on any atom is 0.146 e. The van der Waals surface area contributed by atoms with E-state index in [0.29, 0.717) is 12.0 Å². The van der Waals surface area contributed by atoms with Crippen molar-refractivity contribution in [3.05, 3.63) is 34.4 Å². The van der Waals surface area contributed by atoms with Gasteiger partial charge in [-0.3, -0.25) is 4.79 Å². The van der Waals surface area contributed by atoms with Gasteiger partial charge in [0.25, 0.3) is 0 Å². The van der Waals surface area contributed by atoms with Gasteiger partial charge in [-0.05, 0) is 47.8 Å². The lowest BCUT2D eigenvalue weighted by atomic mass is 9.57. The number of hydrogen-bond donors (Lipinski definition) is 2. The molecule has 0 bridgehead atoms. The molecule has 0 heterocycles. The minimum atomic E-state index is -0.531. The van der Waals surface area contributed by atoms with E-state index < -0.39 is 6.10 Å². The Bertz CT molecular complexity index is 612. The van der Waals surface area contributed by atoms with Crippen molar-refractivity contribution in [2.45, 2.75) is 59.0 Å². The van der Waals surface area contributed by atoms with E-state index in [-0.39, 0.29) is 23.4 Å². The first-order valence-corrected chi connectivity index (χ1v) is 8.75. The molecule has 126 valence electrons. The zero-order valence-corrected chi connectivity index (χ0v) is 14.4. The molecule has 0 amide bonds. The summed E-state index contributed by atoms with van der Waals surface area (Å²) in [6.45, 7) is 6.70. The fourth-order valence-corrected chi connectivity index (χ4v) is 4.77. The van der Waals surface area contributed by atoms with Crippen molar-refractivity contribution in [2.24, 2.45) is 16.7 Å². The molecule has 3 aliphatic rings. The molecule has 0 aromatic rings. The van der Waals surface area contributed by atoms with Gasteiger partial charge in [-0.1, -0.05) is 38.5 Å². The molecule has 4 atom stereocenters. The Morgan fingerprint density at radius 3 is 2.70 bits per heavy atom. The highest BCUT2D eigenvalue weighted by Crippen LogP contribution is 2.61. The molecule has 0 unspecified atom stereocenters. The summed E-state index contributed by atoms with van der Waals surface area (Å²) < 4.78 is 0. The lowest BCUT2D eigenvalue weighted by Crippen LogP contribution is -2.41. The molecule has 0 spiro atoms. The van der Waals surface area contributed by atoms with Gasteiger partial charge in [-0.15, -0.1) is 0 Å². The molecule has 1 saturated carbocycles. The van der Waals surface area contributed by atoms with Crippen LogP contribution in [-0.2, 0) is 4.79 Å². The van der Waals surface area contributed by atoms with Crippen molar-refractivity contribution in [3.8, 4) is 0 Å². The van der Waals surface area contributed by atoms with Crippen LogP contribution in [0.2, 0.25) is 0 Å². The first-order chi connectivity index (χ1) is 10.9. The molecule has 2 N–H and O–H groups in total. The normalized spacial score (nSPS) is 38.2. The molecule has 3 rings (SSSR count). The topological polar surface area (TPSA) is 57.5 Å². The molecule has 3 nitrogen and oxygen atoms in total. The highest BCUT2D eigenvalue weighted by atomic mass is 16.3. The van der Waals surface area contributed by atoms with E-state index in [1.165, 1.54) is 16.7 Å². The first-order valence-electron chi connectivity index (χ1n) is 8.75. The van der Waals surface area contributed by atoms with Gasteiger partial charge in [0.2, 0.25) is 0 Å². The molecular formula is C20H28O3. The van der Waals surface area contributed by atoms with Crippen molar-refractivity contribution < 1.29 is 15.0 Å². The summed E-state index contributed by atoms with van der Waals surface area (Å²) in [4.78, 5) is 11.2. The summed E-state index contributed by atoms with van der Waals surface area (Å²) in [5.74, 6) is 0.157. The molecule has 0 radical (unpaired) electrons. The van der Waals surface area contributed by atoms with Gasteiger partial charge in [0.1, 0.15) is 6.29 Å². The van der Waals surface area contributed by atoms with Gasteiger partial charge in [-0.25, -0.2) is 0 Å². The van der Waals surface area contributed by atoms with Gasteiger partial charge in [0.15, 0.2) is 0 Å². The van der Waals surface area contributed by atoms with Crippen LogP contribution in [0.4, 0.5) is 0 Å². The summed E-state index contributed by atoms with van der Waals surface area (Å²) in [6.07, 6.45) is 8.87. The second-order valence-electron chi connectivity index (χ2n) is 8.12. The van der Waals surface area contributed by atoms with Crippen LogP contribution in [0, 0.1) is 16.7 Å². The van der Waals surface area contributed by atoms with Gasteiger partial charge >= 0.3 is 0 Å². The fraction of sp³-hybridized carbons (Fsp3) is 0.650. The molecule has 3 aliphatic carbocycles. The minimum Gasteiger partial charge on any atom is -0.396 e. The van der Waals surface area contributed by atoms with E-state index in [0.717, 1.165) is 32.0 Å². The SMILES string of the molecule is C[C@@H](CO)C1=C2C3=CC=C(C=O)C[C@H](O)[C@@]3(C)CC[C@@]2(C)CC1. The molecule has 0 aromatic heterocycles. The number of aldehydes is 1. The average Bonchev–Trinajstić information content (AvgIpc) is 2.83. The van der Waals surface area contributed by atoms with Crippen molar-refractivity contribution in [1.29, 1.82) is 0 Å². The van der Waals surface area contributed by atoms with Crippen molar-refractivity contribution >= 4 is 6.29 Å². The van der Waals surface area contributed by atoms with Crippen LogP contribution < -0.4 is 0 Å². The third-order valence-corrected chi connectivity index (χ3v) is 6.60. The fourth-order valence-electron chi connectivity index (χ4n) is 4.77. The Balaban J connectivity index is 2.18. The summed E-state index contributed by atoms with van der Waals surface area (Å²) in [5, 5.41) is 20.5. The van der Waals surface area contributed by atoms with Gasteiger partial charge in [0.05, 0.1) is 6.10 Å². The van der Waals surface area contributed by atoms with E-state index >= 15 is 0 Å². The molecule has 23 heavy (non-hydrogen) atoms. The Morgan fingerprint density at radius 2 is 2.04 bits per heavy atom. The molecule has 0 aliphatic heterocycles. The average molecular weight is 316 g/mol. The zero-order chi connectivity index (χ0) is 16.8. The summed E-state index contributed by atoms with van der Waals surface area (Å²) in [5.41, 5.74) is 4.41. The van der Waals surface area contributed by atoms with Crippen LogP contribution >= 0.6 is 0 Å². The number of carbonyl (C=O) groups excluding carboxylic acids is 1. The van der Waals surface area contributed by atoms with Crippen LogP contribution in [0.15, 0.2) is 34.4 Å². The van der Waals surface area contributed by atoms with E-state index in [2.05, 4.69) is 26.8 Å². The van der Waals surface area contributed by atoms with Gasteiger partial charge < -0.3 is 10.2 Å². The van der Waals surface area contributed by atoms with Gasteiger partial charge in [-0.2, -0.15) is 0 Å². The summed E-state index contributed by atoms with van der Waals surface area (Å²) in [7, 11) is 0.